The van der Waals surface area contributed by atoms with Gasteiger partial charge in [-0.05, 0) is 49.2 Å². The normalized spacial score (nSPS) is 13.7. The number of nitrogens with one attached hydrogen (secondary N) is 1. The summed E-state index contributed by atoms with van der Waals surface area (Å²) in [4.78, 5) is 29.4. The molecule has 4 rings (SSSR count). The molecule has 0 saturated carbocycles. The number of methoxy groups -OCH3 is 1. The number of benzene rings is 3. The number of urea groups is 1. The van der Waals surface area contributed by atoms with Crippen LogP contribution in [0.2, 0.25) is 0 Å². The molecule has 170 valence electrons. The van der Waals surface area contributed by atoms with Gasteiger partial charge in [0, 0.05) is 25.3 Å². The molecule has 3 aromatic rings. The van der Waals surface area contributed by atoms with Gasteiger partial charge in [0.25, 0.3) is 5.91 Å². The molecule has 1 N–H and O–H groups in total. The summed E-state index contributed by atoms with van der Waals surface area (Å²) in [5.74, 6) is -0.637. The highest BCUT2D eigenvalue weighted by atomic mass is 19.1. The van der Waals surface area contributed by atoms with Gasteiger partial charge in [0.15, 0.2) is 0 Å². The molecule has 1 heterocycles. The monoisotopic (exact) mass is 447 g/mol. The molecule has 0 spiro atoms. The molecule has 1 saturated heterocycles. The molecule has 3 aromatic carbocycles. The maximum Gasteiger partial charge on any atom is 0.324 e. The van der Waals surface area contributed by atoms with E-state index in [9.17, 15) is 14.0 Å². The van der Waals surface area contributed by atoms with E-state index < -0.39 is 11.7 Å². The third-order valence-corrected chi connectivity index (χ3v) is 5.61. The van der Waals surface area contributed by atoms with Crippen LogP contribution in [0.1, 0.15) is 27.9 Å². The molecule has 0 radical (unpaired) electrons. The molecule has 33 heavy (non-hydrogen) atoms. The van der Waals surface area contributed by atoms with E-state index in [-0.39, 0.29) is 11.6 Å². The highest BCUT2D eigenvalue weighted by Gasteiger charge is 2.29. The Balaban J connectivity index is 1.57. The maximum atomic E-state index is 14.0. The number of rotatable bonds is 6. The van der Waals surface area contributed by atoms with Gasteiger partial charge in [-0.3, -0.25) is 9.69 Å². The molecule has 7 heteroatoms. The van der Waals surface area contributed by atoms with E-state index in [0.29, 0.717) is 36.8 Å². The molecule has 0 aliphatic carbocycles. The number of aryl methyl sites for hydroxylation is 1. The first-order valence-corrected chi connectivity index (χ1v) is 10.8. The van der Waals surface area contributed by atoms with Gasteiger partial charge in [-0.1, -0.05) is 42.0 Å². The summed E-state index contributed by atoms with van der Waals surface area (Å²) in [5.41, 5.74) is 3.18. The SMILES string of the molecule is COc1ccc(NC(=O)c2ccccc2F)cc1N1CCCN(Cc2cccc(C)c2)C1=O. The Morgan fingerprint density at radius 1 is 1.06 bits per heavy atom. The van der Waals surface area contributed by atoms with Crippen LogP contribution in [0.5, 0.6) is 5.75 Å². The van der Waals surface area contributed by atoms with E-state index in [0.717, 1.165) is 17.5 Å². The highest BCUT2D eigenvalue weighted by Crippen LogP contribution is 2.34. The Labute approximate surface area is 192 Å². The Hall–Kier alpha value is -3.87. The Morgan fingerprint density at radius 2 is 1.88 bits per heavy atom. The minimum absolute atomic E-state index is 0.0479. The van der Waals surface area contributed by atoms with Gasteiger partial charge < -0.3 is 15.0 Å². The van der Waals surface area contributed by atoms with Crippen molar-refractivity contribution in [3.63, 3.8) is 0 Å². The van der Waals surface area contributed by atoms with Crippen LogP contribution in [0.4, 0.5) is 20.6 Å². The summed E-state index contributed by atoms with van der Waals surface area (Å²) < 4.78 is 19.5. The lowest BCUT2D eigenvalue weighted by Crippen LogP contribution is -2.49. The Morgan fingerprint density at radius 3 is 2.64 bits per heavy atom. The van der Waals surface area contributed by atoms with E-state index in [1.54, 1.807) is 29.2 Å². The maximum absolute atomic E-state index is 14.0. The average Bonchev–Trinajstić information content (AvgIpc) is 2.81. The second kappa shape index (κ2) is 9.73. The molecule has 1 aliphatic rings. The standard InChI is InChI=1S/C26H26FN3O3/c1-18-7-5-8-19(15-18)17-29-13-6-14-30(26(29)32)23-16-20(11-12-24(23)33-2)28-25(31)21-9-3-4-10-22(21)27/h3-5,7-12,15-16H,6,13-14,17H2,1-2H3,(H,28,31). The zero-order valence-electron chi connectivity index (χ0n) is 18.7. The van der Waals surface area contributed by atoms with E-state index in [2.05, 4.69) is 11.4 Å². The van der Waals surface area contributed by atoms with Crippen molar-refractivity contribution in [1.29, 1.82) is 0 Å². The molecular weight excluding hydrogens is 421 g/mol. The van der Waals surface area contributed by atoms with Gasteiger partial charge in [-0.2, -0.15) is 0 Å². The topological polar surface area (TPSA) is 61.9 Å². The first-order valence-electron chi connectivity index (χ1n) is 10.8. The van der Waals surface area contributed by atoms with Crippen molar-refractivity contribution in [2.24, 2.45) is 0 Å². The van der Waals surface area contributed by atoms with Crippen LogP contribution in [0.3, 0.4) is 0 Å². The van der Waals surface area contributed by atoms with E-state index in [4.69, 9.17) is 4.74 Å². The van der Waals surface area contributed by atoms with Gasteiger partial charge >= 0.3 is 6.03 Å². The summed E-state index contributed by atoms with van der Waals surface area (Å²) in [7, 11) is 1.54. The van der Waals surface area contributed by atoms with Crippen molar-refractivity contribution in [3.8, 4) is 5.75 Å². The lowest BCUT2D eigenvalue weighted by Gasteiger charge is -2.36. The third kappa shape index (κ3) is 4.98. The smallest absolute Gasteiger partial charge is 0.324 e. The first kappa shape index (κ1) is 22.3. The van der Waals surface area contributed by atoms with Crippen molar-refractivity contribution >= 4 is 23.3 Å². The van der Waals surface area contributed by atoms with Gasteiger partial charge in [-0.15, -0.1) is 0 Å². The first-order chi connectivity index (χ1) is 16.0. The quantitative estimate of drug-likeness (QED) is 0.563. The molecule has 0 unspecified atom stereocenters. The van der Waals surface area contributed by atoms with E-state index in [1.165, 1.54) is 25.3 Å². The molecule has 0 bridgehead atoms. The van der Waals surface area contributed by atoms with Crippen LogP contribution < -0.4 is 15.0 Å². The van der Waals surface area contributed by atoms with E-state index in [1.807, 2.05) is 30.0 Å². The number of hydrogen-bond acceptors (Lipinski definition) is 3. The van der Waals surface area contributed by atoms with Crippen molar-refractivity contribution in [1.82, 2.24) is 4.90 Å². The van der Waals surface area contributed by atoms with Crippen LogP contribution in [0, 0.1) is 12.7 Å². The number of anilines is 2. The zero-order valence-corrected chi connectivity index (χ0v) is 18.7. The van der Waals surface area contributed by atoms with Crippen LogP contribution in [-0.2, 0) is 6.54 Å². The zero-order chi connectivity index (χ0) is 23.4. The number of ether oxygens (including phenoxy) is 1. The lowest BCUT2D eigenvalue weighted by atomic mass is 10.1. The summed E-state index contributed by atoms with van der Waals surface area (Å²) >= 11 is 0. The van der Waals surface area contributed by atoms with Gasteiger partial charge in [0.2, 0.25) is 0 Å². The van der Waals surface area contributed by atoms with Crippen LogP contribution in [0.25, 0.3) is 0 Å². The van der Waals surface area contributed by atoms with Crippen molar-refractivity contribution < 1.29 is 18.7 Å². The fraction of sp³-hybridized carbons (Fsp3) is 0.231. The minimum Gasteiger partial charge on any atom is -0.495 e. The fourth-order valence-corrected chi connectivity index (χ4v) is 4.01. The minimum atomic E-state index is -0.596. The van der Waals surface area contributed by atoms with Crippen molar-refractivity contribution in [2.45, 2.75) is 19.9 Å². The second-order valence-corrected chi connectivity index (χ2v) is 8.02. The summed E-state index contributed by atoms with van der Waals surface area (Å²) in [6, 6.07) is 18.8. The molecule has 0 atom stereocenters. The number of carbonyl (C=O) groups excluding carboxylic acids is 2. The Bertz CT molecular complexity index is 1180. The number of amides is 3. The largest absolute Gasteiger partial charge is 0.495 e. The number of carbonyl (C=O) groups is 2. The summed E-state index contributed by atoms with van der Waals surface area (Å²) in [6.07, 6.45) is 0.798. The molecular formula is C26H26FN3O3. The highest BCUT2D eigenvalue weighted by molar-refractivity contribution is 6.05. The van der Waals surface area contributed by atoms with Crippen molar-refractivity contribution in [3.05, 3.63) is 89.2 Å². The summed E-state index contributed by atoms with van der Waals surface area (Å²) in [5, 5.41) is 2.72. The van der Waals surface area contributed by atoms with Crippen molar-refractivity contribution in [2.75, 3.05) is 30.4 Å². The van der Waals surface area contributed by atoms with Crippen LogP contribution in [-0.4, -0.2) is 37.0 Å². The fourth-order valence-electron chi connectivity index (χ4n) is 4.01. The third-order valence-electron chi connectivity index (χ3n) is 5.61. The van der Waals surface area contributed by atoms with Gasteiger partial charge in [0.1, 0.15) is 11.6 Å². The molecule has 1 fully saturated rings. The number of nitrogens with zero attached hydrogens (tertiary/aromatic N) is 2. The van der Waals surface area contributed by atoms with Gasteiger partial charge in [0.05, 0.1) is 18.4 Å². The predicted molar refractivity (Wildman–Crippen MR) is 126 cm³/mol. The second-order valence-electron chi connectivity index (χ2n) is 8.02. The number of halogens is 1. The summed E-state index contributed by atoms with van der Waals surface area (Å²) in [6.45, 7) is 3.74. The number of hydrogen-bond donors (Lipinski definition) is 1. The Kier molecular flexibility index (Phi) is 6.58. The lowest BCUT2D eigenvalue weighted by molar-refractivity contribution is 0.102. The molecule has 6 nitrogen and oxygen atoms in total. The van der Waals surface area contributed by atoms with Crippen LogP contribution >= 0.6 is 0 Å². The average molecular weight is 448 g/mol. The van der Waals surface area contributed by atoms with E-state index >= 15 is 0 Å². The van der Waals surface area contributed by atoms with Crippen LogP contribution in [0.15, 0.2) is 66.7 Å². The predicted octanol–water partition coefficient (Wildman–Crippen LogP) is 5.23. The molecule has 0 aromatic heterocycles. The van der Waals surface area contributed by atoms with Gasteiger partial charge in [-0.25, -0.2) is 9.18 Å². The molecule has 1 aliphatic heterocycles. The molecule has 3 amide bonds.